The molecule has 0 atom stereocenters. The van der Waals surface area contributed by atoms with Crippen LogP contribution in [0.15, 0.2) is 0 Å². The van der Waals surface area contributed by atoms with E-state index in [1.54, 1.807) is 6.92 Å². The normalized spacial score (nSPS) is 36.4. The molecule has 0 unspecified atom stereocenters. The van der Waals surface area contributed by atoms with Gasteiger partial charge >= 0.3 is 5.97 Å². The molecule has 3 rings (SSSR count). The molecule has 0 radical (unpaired) electrons. The average molecular weight is 297 g/mol. The number of carboxylic acids is 1. The Balaban J connectivity index is 1.60. The van der Waals surface area contributed by atoms with Gasteiger partial charge in [-0.1, -0.05) is 6.42 Å². The van der Waals surface area contributed by atoms with Crippen LogP contribution in [-0.2, 0) is 9.59 Å². The lowest BCUT2D eigenvalue weighted by molar-refractivity contribution is -0.181. The highest BCUT2D eigenvalue weighted by molar-refractivity contribution is 6.03. The summed E-state index contributed by atoms with van der Waals surface area (Å²) in [5.74, 6) is -1.34. The van der Waals surface area contributed by atoms with Crippen molar-refractivity contribution in [2.45, 2.75) is 76.4 Å². The maximum atomic E-state index is 13.8. The summed E-state index contributed by atoms with van der Waals surface area (Å²) < 4.78 is 13.8. The molecule has 5 heteroatoms. The maximum Gasteiger partial charge on any atom is 0.319 e. The molecule has 3 fully saturated rings. The Kier molecular flexibility index (Phi) is 3.30. The zero-order valence-electron chi connectivity index (χ0n) is 12.6. The molecule has 0 aromatic rings. The fourth-order valence-electron chi connectivity index (χ4n) is 4.36. The summed E-state index contributed by atoms with van der Waals surface area (Å²) in [7, 11) is 0. The largest absolute Gasteiger partial charge is 0.480 e. The zero-order valence-corrected chi connectivity index (χ0v) is 12.6. The Morgan fingerprint density at radius 3 is 2.14 bits per heavy atom. The van der Waals surface area contributed by atoms with Crippen molar-refractivity contribution in [3.63, 3.8) is 0 Å². The number of carboxylic acid groups (broad SMARTS) is 1. The second-order valence-corrected chi connectivity index (χ2v) is 7.76. The van der Waals surface area contributed by atoms with Crippen LogP contribution in [0.5, 0.6) is 0 Å². The highest BCUT2D eigenvalue weighted by Gasteiger charge is 2.65. The topological polar surface area (TPSA) is 66.4 Å². The Morgan fingerprint density at radius 1 is 1.14 bits per heavy atom. The number of aliphatic carboxylic acids is 1. The molecule has 0 aromatic carbocycles. The predicted molar refractivity (Wildman–Crippen MR) is 75.5 cm³/mol. The zero-order chi connectivity index (χ0) is 15.3. The lowest BCUT2D eigenvalue weighted by Crippen LogP contribution is -2.62. The van der Waals surface area contributed by atoms with Crippen molar-refractivity contribution < 1.29 is 19.1 Å². The summed E-state index contributed by atoms with van der Waals surface area (Å²) in [6.45, 7) is 1.59. The van der Waals surface area contributed by atoms with Crippen molar-refractivity contribution in [2.24, 2.45) is 10.8 Å². The predicted octanol–water partition coefficient (Wildman–Crippen LogP) is 2.81. The molecule has 1 spiro atoms. The number of hydrogen-bond donors (Lipinski definition) is 2. The van der Waals surface area contributed by atoms with Gasteiger partial charge in [-0.15, -0.1) is 0 Å². The minimum Gasteiger partial charge on any atom is -0.480 e. The molecule has 3 saturated carbocycles. The van der Waals surface area contributed by atoms with Crippen LogP contribution in [0, 0.1) is 10.8 Å². The van der Waals surface area contributed by atoms with E-state index in [1.165, 1.54) is 0 Å². The maximum absolute atomic E-state index is 13.8. The minimum absolute atomic E-state index is 0.0736. The first-order valence-electron chi connectivity index (χ1n) is 8.00. The Morgan fingerprint density at radius 2 is 1.71 bits per heavy atom. The highest BCUT2D eigenvalue weighted by Crippen LogP contribution is 2.64. The fourth-order valence-corrected chi connectivity index (χ4v) is 4.36. The monoisotopic (exact) mass is 297 g/mol. The van der Waals surface area contributed by atoms with Gasteiger partial charge in [0.15, 0.2) is 0 Å². The molecule has 0 bridgehead atoms. The first-order chi connectivity index (χ1) is 9.77. The fraction of sp³-hybridized carbons (Fsp3) is 0.875. The molecule has 0 aliphatic heterocycles. The standard InChI is InChI=1S/C16H24FNO3/c1-14(17)7-3-11(4-8-14)18-12(19)16(13(20)21)9-15(10-16)5-2-6-15/h11H,2-10H2,1H3,(H,18,19)(H,20,21). The quantitative estimate of drug-likeness (QED) is 0.787. The van der Waals surface area contributed by atoms with Gasteiger partial charge in [0.05, 0.1) is 0 Å². The molecule has 1 amide bonds. The van der Waals surface area contributed by atoms with Crippen LogP contribution in [0.1, 0.15) is 64.7 Å². The molecular formula is C16H24FNO3. The number of alkyl halides is 1. The molecule has 4 nitrogen and oxygen atoms in total. The summed E-state index contributed by atoms with van der Waals surface area (Å²) in [5, 5.41) is 12.4. The van der Waals surface area contributed by atoms with Gasteiger partial charge in [0.25, 0.3) is 0 Å². The van der Waals surface area contributed by atoms with E-state index in [4.69, 9.17) is 0 Å². The number of amides is 1. The second-order valence-electron chi connectivity index (χ2n) is 7.76. The van der Waals surface area contributed by atoms with Gasteiger partial charge in [0, 0.05) is 6.04 Å². The van der Waals surface area contributed by atoms with E-state index in [0.29, 0.717) is 38.5 Å². The molecule has 21 heavy (non-hydrogen) atoms. The van der Waals surface area contributed by atoms with Crippen molar-refractivity contribution in [2.75, 3.05) is 0 Å². The SMILES string of the molecule is CC1(F)CCC(NC(=O)C2(C(=O)O)CC3(CCC3)C2)CC1. The van der Waals surface area contributed by atoms with Gasteiger partial charge < -0.3 is 10.4 Å². The van der Waals surface area contributed by atoms with E-state index in [0.717, 1.165) is 19.3 Å². The van der Waals surface area contributed by atoms with Crippen molar-refractivity contribution in [3.8, 4) is 0 Å². The Labute approximate surface area is 124 Å². The molecule has 0 saturated heterocycles. The lowest BCUT2D eigenvalue weighted by Gasteiger charge is -2.58. The van der Waals surface area contributed by atoms with Crippen molar-refractivity contribution in [1.29, 1.82) is 0 Å². The molecule has 0 heterocycles. The van der Waals surface area contributed by atoms with Crippen molar-refractivity contribution in [1.82, 2.24) is 5.32 Å². The van der Waals surface area contributed by atoms with Crippen LogP contribution in [-0.4, -0.2) is 28.7 Å². The summed E-state index contributed by atoms with van der Waals surface area (Å²) in [6.07, 6.45) is 6.28. The van der Waals surface area contributed by atoms with E-state index in [9.17, 15) is 19.1 Å². The summed E-state index contributed by atoms with van der Waals surface area (Å²) in [4.78, 5) is 24.1. The molecule has 3 aliphatic rings. The highest BCUT2D eigenvalue weighted by atomic mass is 19.1. The van der Waals surface area contributed by atoms with E-state index < -0.39 is 17.1 Å². The van der Waals surface area contributed by atoms with Crippen LogP contribution < -0.4 is 5.32 Å². The van der Waals surface area contributed by atoms with Crippen LogP contribution in [0.25, 0.3) is 0 Å². The Bertz CT molecular complexity index is 452. The molecule has 0 aromatic heterocycles. The van der Waals surface area contributed by atoms with Gasteiger partial charge in [-0.25, -0.2) is 4.39 Å². The molecular weight excluding hydrogens is 273 g/mol. The number of carbonyl (C=O) groups is 2. The number of halogens is 1. The van der Waals surface area contributed by atoms with Gasteiger partial charge in [0.2, 0.25) is 5.91 Å². The third kappa shape index (κ3) is 2.44. The first-order valence-corrected chi connectivity index (χ1v) is 8.00. The number of carbonyl (C=O) groups excluding carboxylic acids is 1. The third-order valence-electron chi connectivity index (χ3n) is 5.98. The number of nitrogens with one attached hydrogen (secondary N) is 1. The van der Waals surface area contributed by atoms with E-state index in [2.05, 4.69) is 5.32 Å². The van der Waals surface area contributed by atoms with Crippen LogP contribution >= 0.6 is 0 Å². The summed E-state index contributed by atoms with van der Waals surface area (Å²) in [6, 6.07) is -0.0736. The van der Waals surface area contributed by atoms with Gasteiger partial charge in [0.1, 0.15) is 11.1 Å². The van der Waals surface area contributed by atoms with E-state index in [1.807, 2.05) is 0 Å². The Hall–Kier alpha value is -1.13. The molecule has 3 aliphatic carbocycles. The van der Waals surface area contributed by atoms with E-state index in [-0.39, 0.29) is 17.4 Å². The molecule has 118 valence electrons. The van der Waals surface area contributed by atoms with Gasteiger partial charge in [-0.3, -0.25) is 9.59 Å². The number of rotatable bonds is 3. The molecule has 2 N–H and O–H groups in total. The third-order valence-corrected chi connectivity index (χ3v) is 5.98. The van der Waals surface area contributed by atoms with Crippen LogP contribution in [0.2, 0.25) is 0 Å². The van der Waals surface area contributed by atoms with E-state index >= 15 is 0 Å². The van der Waals surface area contributed by atoms with Crippen LogP contribution in [0.3, 0.4) is 0 Å². The van der Waals surface area contributed by atoms with Gasteiger partial charge in [-0.05, 0) is 63.7 Å². The second kappa shape index (κ2) is 4.68. The van der Waals surface area contributed by atoms with Gasteiger partial charge in [-0.2, -0.15) is 0 Å². The average Bonchev–Trinajstić information content (AvgIpc) is 2.28. The number of hydrogen-bond acceptors (Lipinski definition) is 2. The smallest absolute Gasteiger partial charge is 0.319 e. The van der Waals surface area contributed by atoms with Crippen LogP contribution in [0.4, 0.5) is 4.39 Å². The summed E-state index contributed by atoms with van der Waals surface area (Å²) >= 11 is 0. The van der Waals surface area contributed by atoms with Crippen molar-refractivity contribution >= 4 is 11.9 Å². The lowest BCUT2D eigenvalue weighted by atomic mass is 9.45. The minimum atomic E-state index is -1.23. The first kappa shape index (κ1) is 14.8. The van der Waals surface area contributed by atoms with Crippen molar-refractivity contribution in [3.05, 3.63) is 0 Å². The summed E-state index contributed by atoms with van der Waals surface area (Å²) in [5.41, 5.74) is -2.24.